The highest BCUT2D eigenvalue weighted by Crippen LogP contribution is 2.09. The smallest absolute Gasteiger partial charge is 0.0433 e. The number of rotatable bonds is 9. The zero-order chi connectivity index (χ0) is 9.78. The van der Waals surface area contributed by atoms with E-state index in [9.17, 15) is 0 Å². The Balaban J connectivity index is 2.93. The fourth-order valence-corrected chi connectivity index (χ4v) is 1.80. The van der Waals surface area contributed by atoms with Crippen molar-refractivity contribution in [3.8, 4) is 0 Å². The lowest BCUT2D eigenvalue weighted by Crippen LogP contribution is -1.79. The van der Waals surface area contributed by atoms with Gasteiger partial charge in [0.1, 0.15) is 0 Å². The average Bonchev–Trinajstić information content (AvgIpc) is 2.16. The molecular weight excluding hydrogens is 180 g/mol. The lowest BCUT2D eigenvalue weighted by Gasteiger charge is -1.95. The number of hydrogen-bond acceptors (Lipinski definition) is 2. The van der Waals surface area contributed by atoms with E-state index in [0.717, 1.165) is 12.8 Å². The van der Waals surface area contributed by atoms with Crippen LogP contribution < -0.4 is 0 Å². The van der Waals surface area contributed by atoms with Crippen molar-refractivity contribution in [1.29, 1.82) is 0 Å². The average molecular weight is 202 g/mol. The van der Waals surface area contributed by atoms with Gasteiger partial charge in [-0.1, -0.05) is 32.3 Å². The molecule has 0 aromatic heterocycles. The number of hydrogen-bond donors (Lipinski definition) is 1. The van der Waals surface area contributed by atoms with Gasteiger partial charge in [-0.25, -0.2) is 0 Å². The second-order valence-corrected chi connectivity index (χ2v) is 4.18. The van der Waals surface area contributed by atoms with Crippen LogP contribution in [0.5, 0.6) is 0 Å². The van der Waals surface area contributed by atoms with Gasteiger partial charge in [-0.05, 0) is 30.4 Å². The first kappa shape index (κ1) is 13.1. The van der Waals surface area contributed by atoms with Crippen LogP contribution in [0.3, 0.4) is 0 Å². The van der Waals surface area contributed by atoms with Gasteiger partial charge < -0.3 is 5.11 Å². The van der Waals surface area contributed by atoms with Crippen LogP contribution in [0.4, 0.5) is 0 Å². The molecule has 78 valence electrons. The van der Waals surface area contributed by atoms with Crippen LogP contribution in [-0.2, 0) is 0 Å². The number of aliphatic hydroxyl groups excluding tert-OH is 1. The van der Waals surface area contributed by atoms with Gasteiger partial charge in [0.2, 0.25) is 0 Å². The minimum absolute atomic E-state index is 0.311. The van der Waals surface area contributed by atoms with E-state index in [1.165, 1.54) is 31.4 Å². The zero-order valence-electron chi connectivity index (χ0n) is 8.67. The largest absolute Gasteiger partial charge is 0.396 e. The molecule has 0 rings (SSSR count). The van der Waals surface area contributed by atoms with Crippen LogP contribution in [0.2, 0.25) is 0 Å². The van der Waals surface area contributed by atoms with E-state index in [2.05, 4.69) is 18.4 Å². The molecule has 0 aliphatic heterocycles. The Morgan fingerprint density at radius 2 is 2.00 bits per heavy atom. The molecule has 0 spiro atoms. The van der Waals surface area contributed by atoms with Gasteiger partial charge >= 0.3 is 0 Å². The van der Waals surface area contributed by atoms with E-state index in [1.54, 1.807) is 0 Å². The van der Waals surface area contributed by atoms with Gasteiger partial charge in [0.15, 0.2) is 0 Å². The molecule has 0 aromatic carbocycles. The molecule has 0 radical (unpaired) electrons. The Labute approximate surface area is 86.6 Å². The third kappa shape index (κ3) is 12.1. The zero-order valence-corrected chi connectivity index (χ0v) is 9.48. The summed E-state index contributed by atoms with van der Waals surface area (Å²) in [5.41, 5.74) is 0. The SMILES string of the molecule is CCCCCCS/C=C/CCCO. The third-order valence-electron chi connectivity index (χ3n) is 1.84. The van der Waals surface area contributed by atoms with Crippen LogP contribution in [0, 0.1) is 0 Å². The molecule has 0 aliphatic rings. The maximum atomic E-state index is 8.53. The van der Waals surface area contributed by atoms with E-state index < -0.39 is 0 Å². The van der Waals surface area contributed by atoms with Gasteiger partial charge in [0.05, 0.1) is 0 Å². The molecule has 0 fully saturated rings. The second kappa shape index (κ2) is 12.0. The number of thioether (sulfide) groups is 1. The minimum atomic E-state index is 0.311. The van der Waals surface area contributed by atoms with Gasteiger partial charge in [-0.2, -0.15) is 0 Å². The maximum Gasteiger partial charge on any atom is 0.0433 e. The summed E-state index contributed by atoms with van der Waals surface area (Å²) < 4.78 is 0. The van der Waals surface area contributed by atoms with E-state index in [0.29, 0.717) is 6.61 Å². The lowest BCUT2D eigenvalue weighted by atomic mass is 10.2. The van der Waals surface area contributed by atoms with Crippen molar-refractivity contribution in [1.82, 2.24) is 0 Å². The topological polar surface area (TPSA) is 20.2 Å². The van der Waals surface area contributed by atoms with E-state index in [4.69, 9.17) is 5.11 Å². The quantitative estimate of drug-likeness (QED) is 0.577. The normalized spacial score (nSPS) is 11.2. The molecule has 13 heavy (non-hydrogen) atoms. The van der Waals surface area contributed by atoms with Gasteiger partial charge in [0, 0.05) is 6.61 Å². The van der Waals surface area contributed by atoms with Crippen molar-refractivity contribution in [2.45, 2.75) is 45.4 Å². The maximum absolute atomic E-state index is 8.53. The van der Waals surface area contributed by atoms with Crippen molar-refractivity contribution in [3.63, 3.8) is 0 Å². The molecule has 0 atom stereocenters. The predicted octanol–water partition coefficient (Wildman–Crippen LogP) is 3.59. The van der Waals surface area contributed by atoms with Crippen molar-refractivity contribution in [3.05, 3.63) is 11.5 Å². The summed E-state index contributed by atoms with van der Waals surface area (Å²) in [6.07, 6.45) is 9.45. The molecular formula is C11H22OS. The molecule has 0 saturated heterocycles. The summed E-state index contributed by atoms with van der Waals surface area (Å²) in [5, 5.41) is 10.7. The minimum Gasteiger partial charge on any atom is -0.396 e. The Morgan fingerprint density at radius 3 is 2.69 bits per heavy atom. The number of aliphatic hydroxyl groups is 1. The molecule has 0 saturated carbocycles. The van der Waals surface area contributed by atoms with Crippen LogP contribution in [0.25, 0.3) is 0 Å². The first-order valence-corrected chi connectivity index (χ1v) is 6.34. The van der Waals surface area contributed by atoms with E-state index in [-0.39, 0.29) is 0 Å². The summed E-state index contributed by atoms with van der Waals surface area (Å²) in [5.74, 6) is 1.25. The highest BCUT2D eigenvalue weighted by molar-refractivity contribution is 8.02. The molecule has 2 heteroatoms. The molecule has 0 unspecified atom stereocenters. The second-order valence-electron chi connectivity index (χ2n) is 3.17. The van der Waals surface area contributed by atoms with Gasteiger partial charge in [0.25, 0.3) is 0 Å². The molecule has 0 amide bonds. The predicted molar refractivity (Wildman–Crippen MR) is 62.1 cm³/mol. The van der Waals surface area contributed by atoms with Gasteiger partial charge in [-0.15, -0.1) is 11.8 Å². The monoisotopic (exact) mass is 202 g/mol. The number of unbranched alkanes of at least 4 members (excludes halogenated alkanes) is 4. The highest BCUT2D eigenvalue weighted by atomic mass is 32.2. The van der Waals surface area contributed by atoms with Crippen molar-refractivity contribution >= 4 is 11.8 Å². The molecule has 0 aliphatic carbocycles. The van der Waals surface area contributed by atoms with Gasteiger partial charge in [-0.3, -0.25) is 0 Å². The highest BCUT2D eigenvalue weighted by Gasteiger charge is 1.86. The summed E-state index contributed by atoms with van der Waals surface area (Å²) in [6, 6.07) is 0. The Kier molecular flexibility index (Phi) is 12.1. The van der Waals surface area contributed by atoms with Crippen molar-refractivity contribution < 1.29 is 5.11 Å². The summed E-state index contributed by atoms with van der Waals surface area (Å²) in [7, 11) is 0. The summed E-state index contributed by atoms with van der Waals surface area (Å²) in [6.45, 7) is 2.55. The molecule has 0 heterocycles. The summed E-state index contributed by atoms with van der Waals surface area (Å²) in [4.78, 5) is 0. The molecule has 1 N–H and O–H groups in total. The Bertz CT molecular complexity index is 113. The van der Waals surface area contributed by atoms with Crippen molar-refractivity contribution in [2.24, 2.45) is 0 Å². The first-order chi connectivity index (χ1) is 6.41. The summed E-state index contributed by atoms with van der Waals surface area (Å²) >= 11 is 1.89. The fourth-order valence-electron chi connectivity index (χ4n) is 1.03. The third-order valence-corrected chi connectivity index (χ3v) is 2.75. The first-order valence-electron chi connectivity index (χ1n) is 5.29. The molecule has 0 aromatic rings. The number of allylic oxidation sites excluding steroid dienone is 1. The Morgan fingerprint density at radius 1 is 1.15 bits per heavy atom. The molecule has 1 nitrogen and oxygen atoms in total. The van der Waals surface area contributed by atoms with E-state index >= 15 is 0 Å². The standard InChI is InChI=1S/C11H22OS/c1-2-3-4-7-10-13-11-8-5-6-9-12/h8,11-12H,2-7,9-10H2,1H3/b11-8+. The van der Waals surface area contributed by atoms with Crippen LogP contribution >= 0.6 is 11.8 Å². The fraction of sp³-hybridized carbons (Fsp3) is 0.818. The molecule has 0 bridgehead atoms. The van der Waals surface area contributed by atoms with Crippen LogP contribution in [-0.4, -0.2) is 17.5 Å². The van der Waals surface area contributed by atoms with Crippen LogP contribution in [0.1, 0.15) is 45.4 Å². The van der Waals surface area contributed by atoms with Crippen LogP contribution in [0.15, 0.2) is 11.5 Å². The van der Waals surface area contributed by atoms with E-state index in [1.807, 2.05) is 11.8 Å². The van der Waals surface area contributed by atoms with Crippen molar-refractivity contribution in [2.75, 3.05) is 12.4 Å². The Hall–Kier alpha value is 0.0500. The lowest BCUT2D eigenvalue weighted by molar-refractivity contribution is 0.289.